The maximum absolute atomic E-state index is 10.5. The van der Waals surface area contributed by atoms with Gasteiger partial charge in [0.25, 0.3) is 0 Å². The minimum atomic E-state index is -0.806. The summed E-state index contributed by atoms with van der Waals surface area (Å²) in [6, 6.07) is 0. The lowest BCUT2D eigenvalue weighted by Gasteiger charge is -2.36. The maximum atomic E-state index is 10.5. The number of aliphatic hydroxyl groups is 1. The molecule has 0 amide bonds. The maximum Gasteiger partial charge on any atom is 0.115 e. The van der Waals surface area contributed by atoms with Crippen molar-refractivity contribution in [2.75, 3.05) is 13.1 Å². The van der Waals surface area contributed by atoms with E-state index in [1.165, 1.54) is 0 Å². The van der Waals surface area contributed by atoms with Crippen LogP contribution in [-0.4, -0.2) is 33.2 Å². The van der Waals surface area contributed by atoms with E-state index in [0.717, 1.165) is 13.1 Å². The molecular weight excluding hydrogens is 180 g/mol. The van der Waals surface area contributed by atoms with Gasteiger partial charge in [0.15, 0.2) is 0 Å². The smallest absolute Gasteiger partial charge is 0.115 e. The van der Waals surface area contributed by atoms with Crippen molar-refractivity contribution in [3.8, 4) is 0 Å². The van der Waals surface area contributed by atoms with Gasteiger partial charge in [-0.3, -0.25) is 4.68 Å². The SMILES string of the molecule is CC1CNCCC1(O)c1cn(C)nn1. The molecule has 2 rings (SSSR count). The Morgan fingerprint density at radius 1 is 1.71 bits per heavy atom. The summed E-state index contributed by atoms with van der Waals surface area (Å²) < 4.78 is 1.63. The van der Waals surface area contributed by atoms with Gasteiger partial charge in [0.1, 0.15) is 11.3 Å². The van der Waals surface area contributed by atoms with Crippen molar-refractivity contribution in [3.05, 3.63) is 11.9 Å². The van der Waals surface area contributed by atoms with Crippen LogP contribution in [0.15, 0.2) is 6.20 Å². The second kappa shape index (κ2) is 3.33. The Labute approximate surface area is 83.1 Å². The van der Waals surface area contributed by atoms with Crippen LogP contribution in [0.5, 0.6) is 0 Å². The molecule has 1 saturated heterocycles. The van der Waals surface area contributed by atoms with Crippen molar-refractivity contribution in [1.29, 1.82) is 0 Å². The molecule has 2 N–H and O–H groups in total. The molecule has 0 spiro atoms. The van der Waals surface area contributed by atoms with Crippen molar-refractivity contribution in [2.24, 2.45) is 13.0 Å². The van der Waals surface area contributed by atoms with Crippen molar-refractivity contribution >= 4 is 0 Å². The largest absolute Gasteiger partial charge is 0.383 e. The number of nitrogens with zero attached hydrogens (tertiary/aromatic N) is 3. The van der Waals surface area contributed by atoms with Gasteiger partial charge >= 0.3 is 0 Å². The third kappa shape index (κ3) is 1.42. The highest BCUT2D eigenvalue weighted by Crippen LogP contribution is 2.33. The fraction of sp³-hybridized carbons (Fsp3) is 0.778. The molecule has 5 nitrogen and oxygen atoms in total. The van der Waals surface area contributed by atoms with E-state index >= 15 is 0 Å². The minimum Gasteiger partial charge on any atom is -0.383 e. The van der Waals surface area contributed by atoms with E-state index in [9.17, 15) is 5.11 Å². The quantitative estimate of drug-likeness (QED) is 0.643. The number of hydrogen-bond acceptors (Lipinski definition) is 4. The van der Waals surface area contributed by atoms with Crippen molar-refractivity contribution < 1.29 is 5.11 Å². The molecule has 1 aliphatic heterocycles. The zero-order valence-corrected chi connectivity index (χ0v) is 8.56. The molecule has 2 unspecified atom stereocenters. The van der Waals surface area contributed by atoms with E-state index in [-0.39, 0.29) is 5.92 Å². The average Bonchev–Trinajstić information content (AvgIpc) is 2.58. The molecule has 5 heteroatoms. The predicted molar refractivity (Wildman–Crippen MR) is 51.6 cm³/mol. The van der Waals surface area contributed by atoms with Crippen LogP contribution < -0.4 is 5.32 Å². The number of rotatable bonds is 1. The first-order chi connectivity index (χ1) is 6.63. The number of hydrogen-bond donors (Lipinski definition) is 2. The second-order valence-electron chi connectivity index (χ2n) is 4.06. The average molecular weight is 196 g/mol. The van der Waals surface area contributed by atoms with Crippen LogP contribution in [-0.2, 0) is 12.6 Å². The summed E-state index contributed by atoms with van der Waals surface area (Å²) in [6.07, 6.45) is 2.49. The summed E-state index contributed by atoms with van der Waals surface area (Å²) in [5, 5.41) is 21.6. The van der Waals surface area contributed by atoms with E-state index in [4.69, 9.17) is 0 Å². The molecule has 0 aliphatic carbocycles. The van der Waals surface area contributed by atoms with Gasteiger partial charge in [0, 0.05) is 19.5 Å². The van der Waals surface area contributed by atoms with Crippen LogP contribution in [0.3, 0.4) is 0 Å². The molecule has 78 valence electrons. The van der Waals surface area contributed by atoms with Crippen LogP contribution in [0.2, 0.25) is 0 Å². The fourth-order valence-electron chi connectivity index (χ4n) is 1.94. The summed E-state index contributed by atoms with van der Waals surface area (Å²) in [6.45, 7) is 3.69. The molecule has 1 aromatic rings. The topological polar surface area (TPSA) is 63.0 Å². The van der Waals surface area contributed by atoms with E-state index < -0.39 is 5.60 Å². The van der Waals surface area contributed by atoms with Crippen LogP contribution in [0.1, 0.15) is 19.0 Å². The Kier molecular flexibility index (Phi) is 2.28. The van der Waals surface area contributed by atoms with Crippen LogP contribution in [0.25, 0.3) is 0 Å². The van der Waals surface area contributed by atoms with E-state index in [1.807, 2.05) is 14.0 Å². The summed E-state index contributed by atoms with van der Waals surface area (Å²) in [7, 11) is 1.81. The standard InChI is InChI=1S/C9H16N4O/c1-7-5-10-4-3-9(7,14)8-6-13(2)12-11-8/h6-7,10,14H,3-5H2,1-2H3. The zero-order valence-electron chi connectivity index (χ0n) is 8.56. The summed E-state index contributed by atoms with van der Waals surface area (Å²) in [5.74, 6) is 0.174. The van der Waals surface area contributed by atoms with Crippen molar-refractivity contribution in [3.63, 3.8) is 0 Å². The monoisotopic (exact) mass is 196 g/mol. The molecule has 0 radical (unpaired) electrons. The molecule has 1 aromatic heterocycles. The molecule has 1 fully saturated rings. The Hall–Kier alpha value is -0.940. The third-order valence-electron chi connectivity index (χ3n) is 2.99. The Morgan fingerprint density at radius 2 is 2.50 bits per heavy atom. The van der Waals surface area contributed by atoms with Crippen LogP contribution in [0, 0.1) is 5.92 Å². The van der Waals surface area contributed by atoms with Crippen LogP contribution in [0.4, 0.5) is 0 Å². The lowest BCUT2D eigenvalue weighted by Crippen LogP contribution is -2.47. The first-order valence-corrected chi connectivity index (χ1v) is 4.93. The summed E-state index contributed by atoms with van der Waals surface area (Å²) in [4.78, 5) is 0. The number of aryl methyl sites for hydroxylation is 1. The van der Waals surface area contributed by atoms with E-state index in [1.54, 1.807) is 10.9 Å². The fourth-order valence-corrected chi connectivity index (χ4v) is 1.94. The lowest BCUT2D eigenvalue weighted by molar-refractivity contribution is -0.0430. The molecular formula is C9H16N4O. The number of aromatic nitrogens is 3. The normalized spacial score (nSPS) is 33.2. The van der Waals surface area contributed by atoms with Gasteiger partial charge in [-0.05, 0) is 13.0 Å². The molecule has 0 aromatic carbocycles. The van der Waals surface area contributed by atoms with Gasteiger partial charge in [0.05, 0.1) is 6.20 Å². The molecule has 1 aliphatic rings. The van der Waals surface area contributed by atoms with Gasteiger partial charge in [-0.1, -0.05) is 12.1 Å². The van der Waals surface area contributed by atoms with Crippen molar-refractivity contribution in [2.45, 2.75) is 18.9 Å². The highest BCUT2D eigenvalue weighted by Gasteiger charge is 2.39. The number of piperidine rings is 1. The van der Waals surface area contributed by atoms with Crippen LogP contribution >= 0.6 is 0 Å². The molecule has 2 heterocycles. The second-order valence-corrected chi connectivity index (χ2v) is 4.06. The van der Waals surface area contributed by atoms with Gasteiger partial charge in [-0.15, -0.1) is 5.10 Å². The predicted octanol–water partition coefficient (Wildman–Crippen LogP) is -0.368. The van der Waals surface area contributed by atoms with Gasteiger partial charge < -0.3 is 10.4 Å². The highest BCUT2D eigenvalue weighted by atomic mass is 16.3. The van der Waals surface area contributed by atoms with Gasteiger partial charge in [-0.2, -0.15) is 0 Å². The molecule has 2 atom stereocenters. The van der Waals surface area contributed by atoms with Crippen molar-refractivity contribution in [1.82, 2.24) is 20.3 Å². The van der Waals surface area contributed by atoms with E-state index in [2.05, 4.69) is 15.6 Å². The Balaban J connectivity index is 2.29. The highest BCUT2D eigenvalue weighted by molar-refractivity contribution is 5.10. The van der Waals surface area contributed by atoms with Gasteiger partial charge in [-0.25, -0.2) is 0 Å². The molecule has 0 bridgehead atoms. The Morgan fingerprint density at radius 3 is 3.07 bits per heavy atom. The van der Waals surface area contributed by atoms with Gasteiger partial charge in [0.2, 0.25) is 0 Å². The number of nitrogens with one attached hydrogen (secondary N) is 1. The summed E-state index contributed by atoms with van der Waals surface area (Å²) >= 11 is 0. The van der Waals surface area contributed by atoms with E-state index in [0.29, 0.717) is 12.1 Å². The summed E-state index contributed by atoms with van der Waals surface area (Å²) in [5.41, 5.74) is -0.117. The zero-order chi connectivity index (χ0) is 10.2. The molecule has 14 heavy (non-hydrogen) atoms. The minimum absolute atomic E-state index is 0.174. The third-order valence-corrected chi connectivity index (χ3v) is 2.99. The lowest BCUT2D eigenvalue weighted by atomic mass is 9.81. The first kappa shape index (κ1) is 9.61. The molecule has 0 saturated carbocycles. The Bertz CT molecular complexity index is 324. The first-order valence-electron chi connectivity index (χ1n) is 4.93.